The monoisotopic (exact) mass is 342 g/mol. The fourth-order valence-electron chi connectivity index (χ4n) is 1.62. The average molecular weight is 343 g/mol. The predicted octanol–water partition coefficient (Wildman–Crippen LogP) is 2.40. The van der Waals surface area contributed by atoms with Gasteiger partial charge in [0, 0.05) is 18.8 Å². The average Bonchev–Trinajstić information content (AvgIpc) is 2.51. The fraction of sp³-hybridized carbons (Fsp3) is 0.438. The van der Waals surface area contributed by atoms with E-state index in [1.807, 2.05) is 13.8 Å². The van der Waals surface area contributed by atoms with E-state index in [4.69, 9.17) is 16.3 Å². The summed E-state index contributed by atoms with van der Waals surface area (Å²) in [7, 11) is 1.29. The van der Waals surface area contributed by atoms with Crippen molar-refractivity contribution in [2.45, 2.75) is 26.0 Å². The highest BCUT2D eigenvalue weighted by atomic mass is 35.5. The maximum atomic E-state index is 10.9. The van der Waals surface area contributed by atoms with Gasteiger partial charge in [-0.05, 0) is 23.8 Å². The Balaban J connectivity index is 2.51. The number of halogens is 1. The summed E-state index contributed by atoms with van der Waals surface area (Å²) < 4.78 is 9.95. The predicted molar refractivity (Wildman–Crippen MR) is 90.7 cm³/mol. The number of methoxy groups -OCH3 is 1. The third-order valence-corrected chi connectivity index (χ3v) is 3.11. The normalized spacial score (nSPS) is 12.4. The lowest BCUT2D eigenvalue weighted by molar-refractivity contribution is 0.105. The van der Waals surface area contributed by atoms with Gasteiger partial charge in [-0.1, -0.05) is 31.5 Å². The number of rotatable bonds is 8. The van der Waals surface area contributed by atoms with Crippen LogP contribution in [0.3, 0.4) is 0 Å². The molecule has 0 fully saturated rings. The van der Waals surface area contributed by atoms with Crippen LogP contribution in [0.1, 0.15) is 19.4 Å². The first-order chi connectivity index (χ1) is 10.9. The second kappa shape index (κ2) is 10.1. The van der Waals surface area contributed by atoms with E-state index in [1.165, 1.54) is 13.3 Å². The van der Waals surface area contributed by atoms with Crippen molar-refractivity contribution >= 4 is 23.8 Å². The Bertz CT molecular complexity index is 535. The van der Waals surface area contributed by atoms with E-state index in [1.54, 1.807) is 24.3 Å². The Morgan fingerprint density at radius 2 is 2.17 bits per heavy atom. The zero-order valence-corrected chi connectivity index (χ0v) is 14.3. The molecule has 1 rings (SSSR count). The molecule has 1 amide bonds. The zero-order chi connectivity index (χ0) is 17.2. The van der Waals surface area contributed by atoms with Crippen LogP contribution in [0, 0.1) is 0 Å². The number of benzene rings is 1. The van der Waals surface area contributed by atoms with Crippen LogP contribution < -0.4 is 15.4 Å². The molecular weight excluding hydrogens is 320 g/mol. The van der Waals surface area contributed by atoms with Crippen molar-refractivity contribution in [2.24, 2.45) is 0 Å². The molecule has 0 aliphatic carbocycles. The number of carbonyl (C=O) groups excluding carboxylic acids is 1. The van der Waals surface area contributed by atoms with Gasteiger partial charge in [0.25, 0.3) is 0 Å². The molecule has 0 aliphatic heterocycles. The van der Waals surface area contributed by atoms with Gasteiger partial charge in [-0.3, -0.25) is 5.32 Å². The molecule has 1 atom stereocenters. The minimum Gasteiger partial charge on any atom is -0.489 e. The summed E-state index contributed by atoms with van der Waals surface area (Å²) in [6.07, 6.45) is 1.97. The van der Waals surface area contributed by atoms with E-state index >= 15 is 0 Å². The van der Waals surface area contributed by atoms with Crippen LogP contribution in [-0.4, -0.2) is 43.6 Å². The van der Waals surface area contributed by atoms with E-state index < -0.39 is 12.2 Å². The second-order valence-electron chi connectivity index (χ2n) is 5.19. The number of carbonyl (C=O) groups is 1. The third-order valence-electron chi connectivity index (χ3n) is 2.81. The first-order valence-electron chi connectivity index (χ1n) is 7.27. The topological polar surface area (TPSA) is 79.8 Å². The molecule has 0 radical (unpaired) electrons. The highest BCUT2D eigenvalue weighted by molar-refractivity contribution is 6.32. The standard InChI is InChI=1S/C16H23ClN2O4/c1-11(2)19-9-13(20)10-23-15-5-4-12(8-14(15)17)6-7-18-16(21)22-3/h4-8,11,13,19-20H,9-10H2,1-3H3,(H,18,21). The number of nitrogens with one attached hydrogen (secondary N) is 2. The van der Waals surface area contributed by atoms with Crippen LogP contribution in [0.15, 0.2) is 24.4 Å². The van der Waals surface area contributed by atoms with Crippen molar-refractivity contribution in [1.29, 1.82) is 0 Å². The Kier molecular flexibility index (Phi) is 8.47. The lowest BCUT2D eigenvalue weighted by Gasteiger charge is -2.15. The number of amides is 1. The highest BCUT2D eigenvalue weighted by Crippen LogP contribution is 2.26. The maximum Gasteiger partial charge on any atom is 0.410 e. The van der Waals surface area contributed by atoms with E-state index in [0.717, 1.165) is 5.56 Å². The molecule has 0 bridgehead atoms. The first kappa shape index (κ1) is 19.3. The number of aliphatic hydroxyl groups excluding tert-OH is 1. The van der Waals surface area contributed by atoms with E-state index in [2.05, 4.69) is 15.4 Å². The molecule has 128 valence electrons. The quantitative estimate of drug-likeness (QED) is 0.676. The van der Waals surface area contributed by atoms with Gasteiger partial charge in [-0.15, -0.1) is 0 Å². The van der Waals surface area contributed by atoms with Gasteiger partial charge in [0.2, 0.25) is 0 Å². The Hall–Kier alpha value is -1.76. The lowest BCUT2D eigenvalue weighted by atomic mass is 10.2. The number of hydrogen-bond acceptors (Lipinski definition) is 5. The molecule has 1 unspecified atom stereocenters. The number of ether oxygens (including phenoxy) is 2. The van der Waals surface area contributed by atoms with Crippen molar-refractivity contribution in [3.8, 4) is 5.75 Å². The molecule has 7 heteroatoms. The molecule has 1 aromatic carbocycles. The molecule has 0 aromatic heterocycles. The Labute approximate surface area is 141 Å². The molecule has 0 saturated heterocycles. The minimum atomic E-state index is -0.614. The Morgan fingerprint density at radius 3 is 2.78 bits per heavy atom. The number of alkyl carbamates (subject to hydrolysis) is 1. The maximum absolute atomic E-state index is 10.9. The summed E-state index contributed by atoms with van der Waals surface area (Å²) in [6.45, 7) is 4.62. The molecule has 3 N–H and O–H groups in total. The van der Waals surface area contributed by atoms with Gasteiger partial charge < -0.3 is 19.9 Å². The van der Waals surface area contributed by atoms with Crippen molar-refractivity contribution in [3.05, 3.63) is 35.0 Å². The van der Waals surface area contributed by atoms with Gasteiger partial charge in [-0.25, -0.2) is 4.79 Å². The highest BCUT2D eigenvalue weighted by Gasteiger charge is 2.08. The van der Waals surface area contributed by atoms with Crippen LogP contribution in [0.4, 0.5) is 4.79 Å². The van der Waals surface area contributed by atoms with Crippen LogP contribution in [0.2, 0.25) is 5.02 Å². The molecule has 6 nitrogen and oxygen atoms in total. The van der Waals surface area contributed by atoms with Crippen LogP contribution in [-0.2, 0) is 4.74 Å². The summed E-state index contributed by atoms with van der Waals surface area (Å²) in [5.74, 6) is 0.494. The van der Waals surface area contributed by atoms with E-state index in [0.29, 0.717) is 23.4 Å². The summed E-state index contributed by atoms with van der Waals surface area (Å²) in [6, 6.07) is 5.50. The first-order valence-corrected chi connectivity index (χ1v) is 7.65. The summed E-state index contributed by atoms with van der Waals surface area (Å²) in [5, 5.41) is 15.8. The number of hydrogen-bond donors (Lipinski definition) is 3. The van der Waals surface area contributed by atoms with Gasteiger partial charge in [0.15, 0.2) is 0 Å². The molecule has 0 spiro atoms. The number of aliphatic hydroxyl groups is 1. The molecule has 0 saturated carbocycles. The molecule has 0 aliphatic rings. The van der Waals surface area contributed by atoms with Crippen LogP contribution in [0.5, 0.6) is 5.75 Å². The smallest absolute Gasteiger partial charge is 0.410 e. The summed E-state index contributed by atoms with van der Waals surface area (Å²) >= 11 is 6.14. The van der Waals surface area contributed by atoms with Crippen molar-refractivity contribution in [2.75, 3.05) is 20.3 Å². The van der Waals surface area contributed by atoms with Gasteiger partial charge in [0.1, 0.15) is 18.5 Å². The van der Waals surface area contributed by atoms with Gasteiger partial charge >= 0.3 is 6.09 Å². The van der Waals surface area contributed by atoms with Gasteiger partial charge in [0.05, 0.1) is 12.1 Å². The largest absolute Gasteiger partial charge is 0.489 e. The molecule has 23 heavy (non-hydrogen) atoms. The lowest BCUT2D eigenvalue weighted by Crippen LogP contribution is -2.35. The minimum absolute atomic E-state index is 0.151. The SMILES string of the molecule is COC(=O)NC=Cc1ccc(OCC(O)CNC(C)C)c(Cl)c1. The fourth-order valence-corrected chi connectivity index (χ4v) is 1.86. The second-order valence-corrected chi connectivity index (χ2v) is 5.59. The van der Waals surface area contributed by atoms with Gasteiger partial charge in [-0.2, -0.15) is 0 Å². The molecule has 1 aromatic rings. The van der Waals surface area contributed by atoms with E-state index in [-0.39, 0.29) is 6.61 Å². The Morgan fingerprint density at radius 1 is 1.43 bits per heavy atom. The molecule has 0 heterocycles. The van der Waals surface area contributed by atoms with Crippen molar-refractivity contribution in [1.82, 2.24) is 10.6 Å². The molecular formula is C16H23ClN2O4. The van der Waals surface area contributed by atoms with Crippen LogP contribution >= 0.6 is 11.6 Å². The summed E-state index contributed by atoms with van der Waals surface area (Å²) in [4.78, 5) is 10.9. The van der Waals surface area contributed by atoms with Crippen molar-refractivity contribution in [3.63, 3.8) is 0 Å². The summed E-state index contributed by atoms with van der Waals surface area (Å²) in [5.41, 5.74) is 0.792. The third kappa shape index (κ3) is 7.88. The van der Waals surface area contributed by atoms with Crippen molar-refractivity contribution < 1.29 is 19.4 Å². The van der Waals surface area contributed by atoms with Crippen LogP contribution in [0.25, 0.3) is 6.08 Å². The van der Waals surface area contributed by atoms with E-state index in [9.17, 15) is 9.90 Å². The zero-order valence-electron chi connectivity index (χ0n) is 13.5.